The number of hydrogen-bond acceptors (Lipinski definition) is 4. The number of hydrogen-bond donors (Lipinski definition) is 2. The van der Waals surface area contributed by atoms with Gasteiger partial charge in [0.1, 0.15) is 6.10 Å². The molecule has 5 atom stereocenters. The molecule has 24 heavy (non-hydrogen) atoms. The highest BCUT2D eigenvalue weighted by molar-refractivity contribution is 4.99. The molecule has 1 saturated carbocycles. The van der Waals surface area contributed by atoms with Gasteiger partial charge in [0.05, 0.1) is 18.2 Å². The van der Waals surface area contributed by atoms with Crippen molar-refractivity contribution >= 4 is 0 Å². The van der Waals surface area contributed by atoms with Crippen LogP contribution in [0.15, 0.2) is 0 Å². The third-order valence-electron chi connectivity index (χ3n) is 5.54. The molecule has 1 aliphatic rings. The molecule has 2 N–H and O–H groups in total. The van der Waals surface area contributed by atoms with E-state index in [0.717, 1.165) is 12.8 Å². The summed E-state index contributed by atoms with van der Waals surface area (Å²) in [5.74, 6) is 0. The zero-order valence-electron chi connectivity index (χ0n) is 16.4. The first-order chi connectivity index (χ1) is 11.5. The SMILES string of the molecule is CCCCCCCO[C@@H]1[C@@H](N(C)C(C)CCCCC)[C@H](O)C[C@@H]1O. The first-order valence-corrected chi connectivity index (χ1v) is 10.2. The minimum absolute atomic E-state index is 0.0905. The molecular formula is C20H41NO3. The predicted octanol–water partition coefficient (Wildman–Crippen LogP) is 3.74. The molecule has 1 fully saturated rings. The summed E-state index contributed by atoms with van der Waals surface area (Å²) in [5.41, 5.74) is 0. The first kappa shape index (κ1) is 21.9. The van der Waals surface area contributed by atoms with Gasteiger partial charge >= 0.3 is 0 Å². The fourth-order valence-electron chi connectivity index (χ4n) is 3.79. The van der Waals surface area contributed by atoms with Crippen molar-refractivity contribution in [3.8, 4) is 0 Å². The Morgan fingerprint density at radius 2 is 1.58 bits per heavy atom. The Balaban J connectivity index is 2.45. The zero-order chi connectivity index (χ0) is 17.9. The second-order valence-electron chi connectivity index (χ2n) is 7.62. The van der Waals surface area contributed by atoms with Crippen LogP contribution in [0.2, 0.25) is 0 Å². The summed E-state index contributed by atoms with van der Waals surface area (Å²) in [4.78, 5) is 2.23. The lowest BCUT2D eigenvalue weighted by Gasteiger charge is -2.36. The molecule has 0 amide bonds. The monoisotopic (exact) mass is 343 g/mol. The molecule has 4 heteroatoms. The van der Waals surface area contributed by atoms with E-state index in [-0.39, 0.29) is 12.1 Å². The largest absolute Gasteiger partial charge is 0.391 e. The number of ether oxygens (including phenoxy) is 1. The number of unbranched alkanes of at least 4 members (excludes halogenated alkanes) is 6. The van der Waals surface area contributed by atoms with E-state index < -0.39 is 12.2 Å². The molecule has 1 unspecified atom stereocenters. The number of aliphatic hydroxyl groups is 2. The van der Waals surface area contributed by atoms with Gasteiger partial charge in [-0.15, -0.1) is 0 Å². The average Bonchev–Trinajstić information content (AvgIpc) is 2.83. The van der Waals surface area contributed by atoms with Crippen molar-refractivity contribution in [1.29, 1.82) is 0 Å². The molecule has 0 spiro atoms. The van der Waals surface area contributed by atoms with Gasteiger partial charge in [0.2, 0.25) is 0 Å². The molecule has 0 saturated heterocycles. The summed E-state index contributed by atoms with van der Waals surface area (Å²) < 4.78 is 6.02. The minimum atomic E-state index is -0.550. The van der Waals surface area contributed by atoms with Crippen LogP contribution in [-0.4, -0.2) is 59.2 Å². The fourth-order valence-corrected chi connectivity index (χ4v) is 3.79. The lowest BCUT2D eigenvalue weighted by Crippen LogP contribution is -2.50. The summed E-state index contributed by atoms with van der Waals surface area (Å²) >= 11 is 0. The Morgan fingerprint density at radius 1 is 0.958 bits per heavy atom. The van der Waals surface area contributed by atoms with Gasteiger partial charge in [0.25, 0.3) is 0 Å². The van der Waals surface area contributed by atoms with E-state index in [2.05, 4.69) is 32.7 Å². The van der Waals surface area contributed by atoms with Gasteiger partial charge < -0.3 is 14.9 Å². The van der Waals surface area contributed by atoms with Crippen LogP contribution in [0.4, 0.5) is 0 Å². The second kappa shape index (κ2) is 12.2. The van der Waals surface area contributed by atoms with Crippen molar-refractivity contribution in [3.05, 3.63) is 0 Å². The Hall–Kier alpha value is -0.160. The van der Waals surface area contributed by atoms with Crippen LogP contribution in [0.3, 0.4) is 0 Å². The molecule has 0 radical (unpaired) electrons. The molecule has 144 valence electrons. The molecule has 1 rings (SSSR count). The maximum atomic E-state index is 10.4. The van der Waals surface area contributed by atoms with Crippen molar-refractivity contribution in [2.24, 2.45) is 0 Å². The Bertz CT molecular complexity index is 313. The van der Waals surface area contributed by atoms with E-state index in [9.17, 15) is 10.2 Å². The number of aliphatic hydroxyl groups excluding tert-OH is 2. The standard InChI is InChI=1S/C20H41NO3/c1-5-7-9-10-12-14-24-20-18(23)15-17(22)19(20)21(4)16(3)13-11-8-6-2/h16-20,22-23H,5-15H2,1-4H3/t16?,17-,18+,19+,20+/m1/s1. The maximum absolute atomic E-state index is 10.4. The molecular weight excluding hydrogens is 302 g/mol. The Labute approximate surface area is 149 Å². The van der Waals surface area contributed by atoms with E-state index in [1.807, 2.05) is 0 Å². The molecule has 0 heterocycles. The van der Waals surface area contributed by atoms with E-state index in [1.54, 1.807) is 0 Å². The van der Waals surface area contributed by atoms with Gasteiger partial charge in [0, 0.05) is 19.1 Å². The van der Waals surface area contributed by atoms with Crippen LogP contribution < -0.4 is 0 Å². The molecule has 4 nitrogen and oxygen atoms in total. The lowest BCUT2D eigenvalue weighted by atomic mass is 10.0. The minimum Gasteiger partial charge on any atom is -0.391 e. The van der Waals surface area contributed by atoms with E-state index >= 15 is 0 Å². The second-order valence-corrected chi connectivity index (χ2v) is 7.62. The average molecular weight is 344 g/mol. The summed E-state index contributed by atoms with van der Waals surface area (Å²) in [5, 5.41) is 20.7. The number of nitrogens with zero attached hydrogens (tertiary/aromatic N) is 1. The third kappa shape index (κ3) is 6.99. The Morgan fingerprint density at radius 3 is 2.25 bits per heavy atom. The van der Waals surface area contributed by atoms with Crippen LogP contribution in [0.5, 0.6) is 0 Å². The molecule has 1 aliphatic carbocycles. The highest BCUT2D eigenvalue weighted by Crippen LogP contribution is 2.29. The molecule has 0 aromatic carbocycles. The van der Waals surface area contributed by atoms with E-state index in [4.69, 9.17) is 4.74 Å². The third-order valence-corrected chi connectivity index (χ3v) is 5.54. The van der Waals surface area contributed by atoms with Gasteiger partial charge in [-0.05, 0) is 26.8 Å². The molecule has 0 aromatic rings. The fraction of sp³-hybridized carbons (Fsp3) is 1.00. The van der Waals surface area contributed by atoms with Gasteiger partial charge in [-0.1, -0.05) is 58.8 Å². The van der Waals surface area contributed by atoms with Crippen molar-refractivity contribution in [2.45, 2.75) is 115 Å². The smallest absolute Gasteiger partial charge is 0.101 e. The van der Waals surface area contributed by atoms with E-state index in [1.165, 1.54) is 44.9 Å². The molecule has 0 bridgehead atoms. The first-order valence-electron chi connectivity index (χ1n) is 10.2. The summed E-state index contributed by atoms with van der Waals surface area (Å²) in [6.07, 6.45) is 9.97. The van der Waals surface area contributed by atoms with Gasteiger partial charge in [-0.2, -0.15) is 0 Å². The zero-order valence-corrected chi connectivity index (χ0v) is 16.4. The van der Waals surface area contributed by atoms with Crippen LogP contribution in [0, 0.1) is 0 Å². The maximum Gasteiger partial charge on any atom is 0.101 e. The van der Waals surface area contributed by atoms with Crippen molar-refractivity contribution in [2.75, 3.05) is 13.7 Å². The van der Waals surface area contributed by atoms with E-state index in [0.29, 0.717) is 19.1 Å². The predicted molar refractivity (Wildman–Crippen MR) is 100 cm³/mol. The highest BCUT2D eigenvalue weighted by atomic mass is 16.5. The normalized spacial score (nSPS) is 28.6. The van der Waals surface area contributed by atoms with Gasteiger partial charge in [0.15, 0.2) is 0 Å². The van der Waals surface area contributed by atoms with Crippen LogP contribution >= 0.6 is 0 Å². The van der Waals surface area contributed by atoms with Crippen LogP contribution in [0.25, 0.3) is 0 Å². The number of rotatable bonds is 13. The summed E-state index contributed by atoms with van der Waals surface area (Å²) in [6.45, 7) is 7.34. The van der Waals surface area contributed by atoms with Crippen molar-refractivity contribution in [3.63, 3.8) is 0 Å². The highest BCUT2D eigenvalue weighted by Gasteiger charge is 2.45. The van der Waals surface area contributed by atoms with Crippen molar-refractivity contribution in [1.82, 2.24) is 4.90 Å². The molecule has 0 aliphatic heterocycles. The molecule has 0 aromatic heterocycles. The van der Waals surface area contributed by atoms with Crippen LogP contribution in [-0.2, 0) is 4.74 Å². The summed E-state index contributed by atoms with van der Waals surface area (Å²) in [7, 11) is 2.07. The van der Waals surface area contributed by atoms with Gasteiger partial charge in [-0.3, -0.25) is 4.90 Å². The number of likely N-dealkylation sites (N-methyl/N-ethyl adjacent to an activating group) is 1. The summed E-state index contributed by atoms with van der Waals surface area (Å²) in [6, 6.07) is 0.310. The van der Waals surface area contributed by atoms with Crippen LogP contribution in [0.1, 0.15) is 85.0 Å². The topological polar surface area (TPSA) is 52.9 Å². The Kier molecular flexibility index (Phi) is 11.2. The quantitative estimate of drug-likeness (QED) is 0.500. The van der Waals surface area contributed by atoms with Gasteiger partial charge in [-0.25, -0.2) is 0 Å². The lowest BCUT2D eigenvalue weighted by molar-refractivity contribution is -0.0661. The van der Waals surface area contributed by atoms with Crippen molar-refractivity contribution < 1.29 is 14.9 Å².